The number of amides is 1. The minimum atomic E-state index is -0.410. The van der Waals surface area contributed by atoms with E-state index < -0.39 is 6.04 Å². The van der Waals surface area contributed by atoms with E-state index in [0.717, 1.165) is 37.2 Å². The Labute approximate surface area is 156 Å². The van der Waals surface area contributed by atoms with Crippen molar-refractivity contribution in [2.24, 2.45) is 5.73 Å². The molecule has 3 N–H and O–H groups in total. The van der Waals surface area contributed by atoms with Gasteiger partial charge in [0.25, 0.3) is 0 Å². The van der Waals surface area contributed by atoms with Crippen LogP contribution >= 0.6 is 12.4 Å². The molecule has 1 aliphatic heterocycles. The van der Waals surface area contributed by atoms with E-state index in [1.165, 1.54) is 24.8 Å². The maximum atomic E-state index is 12.3. The van der Waals surface area contributed by atoms with Crippen LogP contribution in [0.15, 0.2) is 18.2 Å². The highest BCUT2D eigenvalue weighted by atomic mass is 35.5. The Hall–Kier alpha value is -1.46. The number of hydrogen-bond donors (Lipinski definition) is 2. The van der Waals surface area contributed by atoms with Crippen molar-refractivity contribution in [3.63, 3.8) is 0 Å². The highest BCUT2D eigenvalue weighted by Crippen LogP contribution is 2.43. The summed E-state index contributed by atoms with van der Waals surface area (Å²) in [6, 6.07) is 5.79. The van der Waals surface area contributed by atoms with Crippen LogP contribution in [0, 0.1) is 0 Å². The average molecular weight is 369 g/mol. The second-order valence-electron chi connectivity index (χ2n) is 7.02. The third-order valence-corrected chi connectivity index (χ3v) is 5.33. The van der Waals surface area contributed by atoms with E-state index in [4.69, 9.17) is 15.2 Å². The number of hydrogen-bond acceptors (Lipinski definition) is 4. The molecule has 2 aliphatic rings. The van der Waals surface area contributed by atoms with Crippen molar-refractivity contribution in [3.8, 4) is 11.5 Å². The fourth-order valence-electron chi connectivity index (χ4n) is 3.85. The first-order chi connectivity index (χ1) is 11.6. The lowest BCUT2D eigenvalue weighted by Gasteiger charge is -2.38. The lowest BCUT2D eigenvalue weighted by molar-refractivity contribution is -0.122. The lowest BCUT2D eigenvalue weighted by Crippen LogP contribution is -2.47. The van der Waals surface area contributed by atoms with Gasteiger partial charge in [0.15, 0.2) is 11.5 Å². The number of nitrogens with one attached hydrogen (secondary N) is 1. The smallest absolute Gasteiger partial charge is 0.236 e. The second-order valence-corrected chi connectivity index (χ2v) is 7.02. The predicted octanol–water partition coefficient (Wildman–Crippen LogP) is 3.28. The van der Waals surface area contributed by atoms with Crippen LogP contribution in [0.2, 0.25) is 0 Å². The summed E-state index contributed by atoms with van der Waals surface area (Å²) in [7, 11) is 0. The SMILES string of the molecule is CCCC(N)C(=O)NCC1(c2ccc3c(c2)OCO3)CCCCC1.Cl. The molecule has 1 amide bonds. The Bertz CT molecular complexity index is 588. The Morgan fingerprint density at radius 3 is 2.68 bits per heavy atom. The van der Waals surface area contributed by atoms with E-state index in [-0.39, 0.29) is 30.5 Å². The van der Waals surface area contributed by atoms with Crippen molar-refractivity contribution >= 4 is 18.3 Å². The molecule has 0 spiro atoms. The van der Waals surface area contributed by atoms with Crippen LogP contribution in [0.1, 0.15) is 57.4 Å². The molecule has 5 nitrogen and oxygen atoms in total. The molecular formula is C19H29ClN2O3. The first-order valence-corrected chi connectivity index (χ1v) is 9.08. The van der Waals surface area contributed by atoms with E-state index in [0.29, 0.717) is 6.54 Å². The molecule has 0 aromatic heterocycles. The summed E-state index contributed by atoms with van der Waals surface area (Å²) < 4.78 is 11.0. The van der Waals surface area contributed by atoms with Crippen molar-refractivity contribution in [1.29, 1.82) is 0 Å². The van der Waals surface area contributed by atoms with Gasteiger partial charge in [-0.15, -0.1) is 12.4 Å². The van der Waals surface area contributed by atoms with Gasteiger partial charge in [-0.1, -0.05) is 38.7 Å². The fourth-order valence-corrected chi connectivity index (χ4v) is 3.85. The fraction of sp³-hybridized carbons (Fsp3) is 0.632. The zero-order valence-electron chi connectivity index (χ0n) is 14.9. The molecular weight excluding hydrogens is 340 g/mol. The van der Waals surface area contributed by atoms with Gasteiger partial charge in [0.1, 0.15) is 0 Å². The Morgan fingerprint density at radius 2 is 1.96 bits per heavy atom. The number of benzene rings is 1. The van der Waals surface area contributed by atoms with Crippen LogP contribution in [0.5, 0.6) is 11.5 Å². The zero-order chi connectivity index (χ0) is 17.0. The summed E-state index contributed by atoms with van der Waals surface area (Å²) in [6.07, 6.45) is 7.43. The molecule has 1 unspecified atom stereocenters. The van der Waals surface area contributed by atoms with Crippen LogP contribution in [0.4, 0.5) is 0 Å². The first-order valence-electron chi connectivity index (χ1n) is 9.08. The highest BCUT2D eigenvalue weighted by Gasteiger charge is 2.35. The molecule has 1 fully saturated rings. The van der Waals surface area contributed by atoms with Crippen molar-refractivity contribution in [1.82, 2.24) is 5.32 Å². The van der Waals surface area contributed by atoms with Crippen molar-refractivity contribution < 1.29 is 14.3 Å². The minimum absolute atomic E-state index is 0. The predicted molar refractivity (Wildman–Crippen MR) is 100 cm³/mol. The summed E-state index contributed by atoms with van der Waals surface area (Å²) in [5, 5.41) is 3.11. The van der Waals surface area contributed by atoms with Gasteiger partial charge >= 0.3 is 0 Å². The average Bonchev–Trinajstić information content (AvgIpc) is 3.08. The van der Waals surface area contributed by atoms with E-state index in [2.05, 4.69) is 17.4 Å². The van der Waals surface area contributed by atoms with Crippen LogP contribution < -0.4 is 20.5 Å². The summed E-state index contributed by atoms with van der Waals surface area (Å²) in [4.78, 5) is 12.3. The van der Waals surface area contributed by atoms with Gasteiger partial charge in [-0.05, 0) is 37.0 Å². The standard InChI is InChI=1S/C19H28N2O3.ClH/c1-2-6-15(20)18(22)21-12-19(9-4-3-5-10-19)14-7-8-16-17(11-14)24-13-23-16;/h7-8,11,15H,2-6,9-10,12-13,20H2,1H3,(H,21,22);1H. The van der Waals surface area contributed by atoms with Gasteiger partial charge < -0.3 is 20.5 Å². The monoisotopic (exact) mass is 368 g/mol. The van der Waals surface area contributed by atoms with Gasteiger partial charge in [0, 0.05) is 12.0 Å². The Morgan fingerprint density at radius 1 is 1.24 bits per heavy atom. The largest absolute Gasteiger partial charge is 0.454 e. The highest BCUT2D eigenvalue weighted by molar-refractivity contribution is 5.85. The van der Waals surface area contributed by atoms with Crippen LogP contribution in [-0.4, -0.2) is 25.3 Å². The van der Waals surface area contributed by atoms with Gasteiger partial charge in [0.2, 0.25) is 12.7 Å². The minimum Gasteiger partial charge on any atom is -0.454 e. The molecule has 3 rings (SSSR count). The summed E-state index contributed by atoms with van der Waals surface area (Å²) >= 11 is 0. The second kappa shape index (κ2) is 8.77. The zero-order valence-corrected chi connectivity index (χ0v) is 15.7. The molecule has 0 saturated heterocycles. The van der Waals surface area contributed by atoms with E-state index in [9.17, 15) is 4.79 Å². The maximum absolute atomic E-state index is 12.3. The molecule has 1 aromatic carbocycles. The molecule has 1 heterocycles. The normalized spacial score (nSPS) is 19.0. The van der Waals surface area contributed by atoms with Gasteiger partial charge in [-0.25, -0.2) is 0 Å². The first kappa shape index (κ1) is 19.9. The van der Waals surface area contributed by atoms with Gasteiger partial charge in [-0.3, -0.25) is 4.79 Å². The Kier molecular flexibility index (Phi) is 6.96. The van der Waals surface area contributed by atoms with Crippen LogP contribution in [0.25, 0.3) is 0 Å². The van der Waals surface area contributed by atoms with E-state index >= 15 is 0 Å². The van der Waals surface area contributed by atoms with Crippen LogP contribution in [0.3, 0.4) is 0 Å². The quantitative estimate of drug-likeness (QED) is 0.808. The molecule has 140 valence electrons. The molecule has 1 aromatic rings. The third kappa shape index (κ3) is 4.39. The number of halogens is 1. The summed E-state index contributed by atoms with van der Waals surface area (Å²) in [5.41, 5.74) is 7.16. The molecule has 1 saturated carbocycles. The van der Waals surface area contributed by atoms with Gasteiger partial charge in [-0.2, -0.15) is 0 Å². The van der Waals surface area contributed by atoms with Crippen molar-refractivity contribution in [2.75, 3.05) is 13.3 Å². The van der Waals surface area contributed by atoms with Crippen molar-refractivity contribution in [2.45, 2.75) is 63.3 Å². The Balaban J connectivity index is 0.00000225. The summed E-state index contributed by atoms with van der Waals surface area (Å²) in [6.45, 7) is 2.97. The van der Waals surface area contributed by atoms with Crippen LogP contribution in [-0.2, 0) is 10.2 Å². The molecule has 25 heavy (non-hydrogen) atoms. The molecule has 0 radical (unpaired) electrons. The lowest BCUT2D eigenvalue weighted by atomic mass is 9.69. The van der Waals surface area contributed by atoms with E-state index in [1.807, 2.05) is 13.0 Å². The van der Waals surface area contributed by atoms with Crippen molar-refractivity contribution in [3.05, 3.63) is 23.8 Å². The number of nitrogens with two attached hydrogens (primary N) is 1. The third-order valence-electron chi connectivity index (χ3n) is 5.33. The van der Waals surface area contributed by atoms with Gasteiger partial charge in [0.05, 0.1) is 6.04 Å². The number of carbonyl (C=O) groups excluding carboxylic acids is 1. The number of ether oxygens (including phenoxy) is 2. The molecule has 0 bridgehead atoms. The molecule has 1 aliphatic carbocycles. The molecule has 1 atom stereocenters. The number of rotatable bonds is 6. The molecule has 6 heteroatoms. The number of carbonyl (C=O) groups is 1. The summed E-state index contributed by atoms with van der Waals surface area (Å²) in [5.74, 6) is 1.58. The topological polar surface area (TPSA) is 73.6 Å². The van der Waals surface area contributed by atoms with E-state index in [1.54, 1.807) is 0 Å². The number of fused-ring (bicyclic) bond motifs is 1. The maximum Gasteiger partial charge on any atom is 0.236 e.